The van der Waals surface area contributed by atoms with E-state index >= 15 is 0 Å². The summed E-state index contributed by atoms with van der Waals surface area (Å²) in [5.74, 6) is 0.531. The van der Waals surface area contributed by atoms with Crippen molar-refractivity contribution in [3.05, 3.63) is 42.0 Å². The maximum atomic E-state index is 12.6. The fourth-order valence-corrected chi connectivity index (χ4v) is 3.95. The zero-order valence-electron chi connectivity index (χ0n) is 13.4. The van der Waals surface area contributed by atoms with Crippen LogP contribution in [0.1, 0.15) is 18.4 Å². The third-order valence-corrected chi connectivity index (χ3v) is 5.62. The van der Waals surface area contributed by atoms with E-state index in [0.29, 0.717) is 36.1 Å². The third-order valence-electron chi connectivity index (χ3n) is 4.25. The minimum absolute atomic E-state index is 0.0829. The van der Waals surface area contributed by atoms with Crippen molar-refractivity contribution in [2.45, 2.75) is 17.7 Å². The van der Waals surface area contributed by atoms with Gasteiger partial charge >= 0.3 is 0 Å². The van der Waals surface area contributed by atoms with E-state index in [0.717, 1.165) is 5.56 Å². The number of ether oxygens (including phenoxy) is 2. The second-order valence-corrected chi connectivity index (χ2v) is 7.61. The molecule has 2 aliphatic heterocycles. The summed E-state index contributed by atoms with van der Waals surface area (Å²) >= 11 is 0. The van der Waals surface area contributed by atoms with Gasteiger partial charge in [0.15, 0.2) is 11.5 Å². The van der Waals surface area contributed by atoms with Crippen LogP contribution < -0.4 is 19.5 Å². The first-order chi connectivity index (χ1) is 11.9. The van der Waals surface area contributed by atoms with Crippen molar-refractivity contribution in [1.29, 1.82) is 0 Å². The van der Waals surface area contributed by atoms with Gasteiger partial charge in [0.2, 0.25) is 5.91 Å². The SMILES string of the molecule is CC1C(=O)Nc2ccc(NS(=O)(=O)c3ccc4c(c3)OCCO4)cc21. The highest BCUT2D eigenvalue weighted by atomic mass is 32.2. The highest BCUT2D eigenvalue weighted by Crippen LogP contribution is 2.35. The van der Waals surface area contributed by atoms with Crippen molar-refractivity contribution in [3.63, 3.8) is 0 Å². The molecule has 0 saturated heterocycles. The molecule has 0 aromatic heterocycles. The number of carbonyl (C=O) groups excluding carboxylic acids is 1. The van der Waals surface area contributed by atoms with Crippen LogP contribution in [0.3, 0.4) is 0 Å². The number of sulfonamides is 1. The van der Waals surface area contributed by atoms with Gasteiger partial charge in [0.1, 0.15) is 13.2 Å². The van der Waals surface area contributed by atoms with Crippen molar-refractivity contribution in [3.8, 4) is 11.5 Å². The normalized spacial score (nSPS) is 18.4. The standard InChI is InChI=1S/C17H16N2O5S/c1-10-13-8-11(2-4-14(13)18-17(10)20)19-25(21,22)12-3-5-15-16(9-12)24-7-6-23-15/h2-5,8-10,19H,6-7H2,1H3,(H,18,20). The van der Waals surface area contributed by atoms with Crippen LogP contribution in [0.15, 0.2) is 41.3 Å². The molecule has 8 heteroatoms. The lowest BCUT2D eigenvalue weighted by molar-refractivity contribution is -0.116. The molecule has 0 spiro atoms. The number of nitrogens with one attached hydrogen (secondary N) is 2. The van der Waals surface area contributed by atoms with Crippen molar-refractivity contribution in [2.75, 3.05) is 23.3 Å². The fraction of sp³-hybridized carbons (Fsp3) is 0.235. The lowest BCUT2D eigenvalue weighted by Crippen LogP contribution is -2.17. The van der Waals surface area contributed by atoms with E-state index in [1.54, 1.807) is 31.2 Å². The van der Waals surface area contributed by atoms with E-state index in [2.05, 4.69) is 10.0 Å². The second kappa shape index (κ2) is 5.66. The average molecular weight is 360 g/mol. The number of benzene rings is 2. The molecule has 25 heavy (non-hydrogen) atoms. The summed E-state index contributed by atoms with van der Waals surface area (Å²) in [5, 5.41) is 2.76. The molecule has 2 aliphatic rings. The van der Waals surface area contributed by atoms with Crippen LogP contribution in [0.2, 0.25) is 0 Å². The Morgan fingerprint density at radius 3 is 2.64 bits per heavy atom. The van der Waals surface area contributed by atoms with E-state index in [4.69, 9.17) is 9.47 Å². The van der Waals surface area contributed by atoms with E-state index in [9.17, 15) is 13.2 Å². The molecule has 1 unspecified atom stereocenters. The van der Waals surface area contributed by atoms with Gasteiger partial charge in [0, 0.05) is 17.4 Å². The predicted octanol–water partition coefficient (Wildman–Crippen LogP) is 2.31. The second-order valence-electron chi connectivity index (χ2n) is 5.92. The van der Waals surface area contributed by atoms with Gasteiger partial charge in [-0.05, 0) is 42.8 Å². The molecule has 0 bridgehead atoms. The van der Waals surface area contributed by atoms with Gasteiger partial charge in [0.25, 0.3) is 10.0 Å². The van der Waals surface area contributed by atoms with Crippen LogP contribution in [0.4, 0.5) is 11.4 Å². The van der Waals surface area contributed by atoms with Gasteiger partial charge in [-0.1, -0.05) is 0 Å². The van der Waals surface area contributed by atoms with Gasteiger partial charge in [-0.3, -0.25) is 9.52 Å². The minimum Gasteiger partial charge on any atom is -0.486 e. The number of fused-ring (bicyclic) bond motifs is 2. The predicted molar refractivity (Wildman–Crippen MR) is 91.7 cm³/mol. The van der Waals surface area contributed by atoms with Gasteiger partial charge in [-0.15, -0.1) is 0 Å². The van der Waals surface area contributed by atoms with Crippen molar-refractivity contribution < 1.29 is 22.7 Å². The lowest BCUT2D eigenvalue weighted by Gasteiger charge is -2.19. The first-order valence-corrected chi connectivity index (χ1v) is 9.30. The maximum Gasteiger partial charge on any atom is 0.262 e. The smallest absolute Gasteiger partial charge is 0.262 e. The molecule has 2 aromatic carbocycles. The Kier molecular flexibility index (Phi) is 3.57. The Bertz CT molecular complexity index is 971. The molecule has 0 fully saturated rings. The minimum atomic E-state index is -3.79. The first kappa shape index (κ1) is 15.8. The molecule has 2 heterocycles. The van der Waals surface area contributed by atoms with Gasteiger partial charge in [-0.25, -0.2) is 8.42 Å². The largest absolute Gasteiger partial charge is 0.486 e. The summed E-state index contributed by atoms with van der Waals surface area (Å²) in [4.78, 5) is 11.8. The van der Waals surface area contributed by atoms with Crippen LogP contribution in [0.25, 0.3) is 0 Å². The molecule has 0 aliphatic carbocycles. The summed E-state index contributed by atoms with van der Waals surface area (Å²) in [6.45, 7) is 2.60. The Hall–Kier alpha value is -2.74. The average Bonchev–Trinajstić information content (AvgIpc) is 2.88. The molecule has 130 valence electrons. The Labute approximate surface area is 145 Å². The first-order valence-electron chi connectivity index (χ1n) is 7.81. The molecule has 2 N–H and O–H groups in total. The highest BCUT2D eigenvalue weighted by molar-refractivity contribution is 7.92. The third kappa shape index (κ3) is 2.78. The van der Waals surface area contributed by atoms with E-state index in [1.165, 1.54) is 12.1 Å². The number of hydrogen-bond donors (Lipinski definition) is 2. The summed E-state index contributed by atoms with van der Waals surface area (Å²) in [6, 6.07) is 9.48. The molecular weight excluding hydrogens is 344 g/mol. The molecular formula is C17H16N2O5S. The molecule has 4 rings (SSSR count). The number of anilines is 2. The van der Waals surface area contributed by atoms with Crippen LogP contribution >= 0.6 is 0 Å². The topological polar surface area (TPSA) is 93.7 Å². The summed E-state index contributed by atoms with van der Waals surface area (Å²) in [5.41, 5.74) is 1.88. The Morgan fingerprint density at radius 1 is 1.08 bits per heavy atom. The molecule has 1 amide bonds. The molecule has 2 aromatic rings. The molecule has 0 saturated carbocycles. The van der Waals surface area contributed by atoms with E-state index in [1.807, 2.05) is 0 Å². The highest BCUT2D eigenvalue weighted by Gasteiger charge is 2.27. The van der Waals surface area contributed by atoms with Crippen LogP contribution in [-0.4, -0.2) is 27.5 Å². The zero-order valence-corrected chi connectivity index (χ0v) is 14.2. The summed E-state index contributed by atoms with van der Waals surface area (Å²) in [7, 11) is -3.79. The molecule has 7 nitrogen and oxygen atoms in total. The zero-order chi connectivity index (χ0) is 17.6. The van der Waals surface area contributed by atoms with Gasteiger partial charge in [-0.2, -0.15) is 0 Å². The van der Waals surface area contributed by atoms with Gasteiger partial charge < -0.3 is 14.8 Å². The number of amides is 1. The van der Waals surface area contributed by atoms with Crippen LogP contribution in [0, 0.1) is 0 Å². The summed E-state index contributed by atoms with van der Waals surface area (Å²) in [6.07, 6.45) is 0. The van der Waals surface area contributed by atoms with E-state index in [-0.39, 0.29) is 16.7 Å². The molecule has 0 radical (unpaired) electrons. The van der Waals surface area contributed by atoms with Crippen LogP contribution in [-0.2, 0) is 14.8 Å². The fourth-order valence-electron chi connectivity index (χ4n) is 2.89. The van der Waals surface area contributed by atoms with Crippen LogP contribution in [0.5, 0.6) is 11.5 Å². The van der Waals surface area contributed by atoms with E-state index < -0.39 is 10.0 Å². The number of rotatable bonds is 3. The number of hydrogen-bond acceptors (Lipinski definition) is 5. The maximum absolute atomic E-state index is 12.6. The summed E-state index contributed by atoms with van der Waals surface area (Å²) < 4.78 is 38.7. The Balaban J connectivity index is 1.63. The van der Waals surface area contributed by atoms with Crippen molar-refractivity contribution in [2.24, 2.45) is 0 Å². The number of carbonyl (C=O) groups is 1. The molecule has 1 atom stereocenters. The van der Waals surface area contributed by atoms with Gasteiger partial charge in [0.05, 0.1) is 10.8 Å². The van der Waals surface area contributed by atoms with Crippen molar-refractivity contribution >= 4 is 27.3 Å². The quantitative estimate of drug-likeness (QED) is 0.876. The monoisotopic (exact) mass is 360 g/mol. The Morgan fingerprint density at radius 2 is 1.84 bits per heavy atom. The lowest BCUT2D eigenvalue weighted by atomic mass is 10.0. The van der Waals surface area contributed by atoms with Crippen molar-refractivity contribution in [1.82, 2.24) is 0 Å².